The van der Waals surface area contributed by atoms with Crippen molar-refractivity contribution in [3.63, 3.8) is 0 Å². The molecule has 1 saturated carbocycles. The fraction of sp³-hybridized carbons (Fsp3) is 0.571. The van der Waals surface area contributed by atoms with Crippen molar-refractivity contribution in [3.05, 3.63) is 24.0 Å². The third-order valence-corrected chi connectivity index (χ3v) is 4.04. The van der Waals surface area contributed by atoms with Gasteiger partial charge in [-0.05, 0) is 30.4 Å². The van der Waals surface area contributed by atoms with E-state index in [1.165, 1.54) is 19.0 Å². The summed E-state index contributed by atoms with van der Waals surface area (Å²) in [5.74, 6) is 1.10. The van der Waals surface area contributed by atoms with E-state index in [-0.39, 0.29) is 24.4 Å². The number of hydrogen-bond donors (Lipinski definition) is 2. The first-order valence-electron chi connectivity index (χ1n) is 6.60. The van der Waals surface area contributed by atoms with Gasteiger partial charge in [0.1, 0.15) is 5.69 Å². The van der Waals surface area contributed by atoms with Gasteiger partial charge < -0.3 is 11.1 Å². The number of hydrogen-bond acceptors (Lipinski definition) is 3. The van der Waals surface area contributed by atoms with Crippen LogP contribution in [0.15, 0.2) is 18.3 Å². The second-order valence-corrected chi connectivity index (χ2v) is 5.32. The Morgan fingerprint density at radius 1 is 1.37 bits per heavy atom. The molecule has 1 fully saturated rings. The number of rotatable bonds is 2. The van der Waals surface area contributed by atoms with Crippen LogP contribution in [-0.2, 0) is 0 Å². The maximum Gasteiger partial charge on any atom is 0.270 e. The standard InChI is InChI=1S/C14H21N3O.ClH/c1-9-4-3-5-12(10(9)2)17-14(18)13-7-6-11(15)8-16-13;/h6-10,12H,3-5,15H2,1-2H3,(H,17,18);1H. The molecule has 1 aliphatic rings. The molecule has 2 rings (SSSR count). The van der Waals surface area contributed by atoms with Crippen LogP contribution in [0.4, 0.5) is 5.69 Å². The summed E-state index contributed by atoms with van der Waals surface area (Å²) in [6, 6.07) is 3.64. The molecule has 3 N–H and O–H groups in total. The Morgan fingerprint density at radius 2 is 2.11 bits per heavy atom. The highest BCUT2D eigenvalue weighted by Crippen LogP contribution is 2.29. The van der Waals surface area contributed by atoms with Crippen LogP contribution in [0.3, 0.4) is 0 Å². The predicted octanol–water partition coefficient (Wildman–Crippen LogP) is 2.64. The summed E-state index contributed by atoms with van der Waals surface area (Å²) in [6.45, 7) is 4.47. The molecule has 5 heteroatoms. The van der Waals surface area contributed by atoms with Gasteiger partial charge in [0.05, 0.1) is 11.9 Å². The van der Waals surface area contributed by atoms with Crippen LogP contribution < -0.4 is 11.1 Å². The summed E-state index contributed by atoms with van der Waals surface area (Å²) in [5.41, 5.74) is 6.57. The molecule has 1 aromatic heterocycles. The average Bonchev–Trinajstić information content (AvgIpc) is 2.36. The Bertz CT molecular complexity index is 421. The largest absolute Gasteiger partial charge is 0.397 e. The van der Waals surface area contributed by atoms with Gasteiger partial charge in [-0.25, -0.2) is 4.98 Å². The predicted molar refractivity (Wildman–Crippen MR) is 79.3 cm³/mol. The van der Waals surface area contributed by atoms with Crippen molar-refractivity contribution in [2.24, 2.45) is 11.8 Å². The molecule has 3 atom stereocenters. The molecule has 0 saturated heterocycles. The van der Waals surface area contributed by atoms with Crippen LogP contribution in [0.25, 0.3) is 0 Å². The monoisotopic (exact) mass is 283 g/mol. The van der Waals surface area contributed by atoms with Gasteiger partial charge in [0.2, 0.25) is 0 Å². The minimum absolute atomic E-state index is 0. The maximum absolute atomic E-state index is 12.1. The number of aromatic nitrogens is 1. The average molecular weight is 284 g/mol. The van der Waals surface area contributed by atoms with Gasteiger partial charge in [-0.15, -0.1) is 12.4 Å². The maximum atomic E-state index is 12.1. The van der Waals surface area contributed by atoms with Gasteiger partial charge in [0.15, 0.2) is 0 Å². The lowest BCUT2D eigenvalue weighted by Crippen LogP contribution is -2.43. The smallest absolute Gasteiger partial charge is 0.270 e. The van der Waals surface area contributed by atoms with Crippen LogP contribution in [0.1, 0.15) is 43.6 Å². The van der Waals surface area contributed by atoms with Crippen LogP contribution in [0.5, 0.6) is 0 Å². The molecule has 0 spiro atoms. The Hall–Kier alpha value is -1.29. The van der Waals surface area contributed by atoms with E-state index in [1.807, 2.05) is 0 Å². The molecule has 106 valence electrons. The fourth-order valence-electron chi connectivity index (χ4n) is 2.57. The van der Waals surface area contributed by atoms with Gasteiger partial charge in [-0.1, -0.05) is 26.7 Å². The molecule has 4 nitrogen and oxygen atoms in total. The lowest BCUT2D eigenvalue weighted by atomic mass is 9.78. The lowest BCUT2D eigenvalue weighted by molar-refractivity contribution is 0.0886. The Labute approximate surface area is 120 Å². The van der Waals surface area contributed by atoms with E-state index in [9.17, 15) is 4.79 Å². The van der Waals surface area contributed by atoms with Crippen LogP contribution in [-0.4, -0.2) is 16.9 Å². The van der Waals surface area contributed by atoms with Crippen molar-refractivity contribution in [1.82, 2.24) is 10.3 Å². The van der Waals surface area contributed by atoms with Gasteiger partial charge in [-0.2, -0.15) is 0 Å². The normalized spacial score (nSPS) is 26.3. The number of amides is 1. The Morgan fingerprint density at radius 3 is 2.74 bits per heavy atom. The molecule has 0 aromatic carbocycles. The number of nitrogens with one attached hydrogen (secondary N) is 1. The summed E-state index contributed by atoms with van der Waals surface area (Å²) in [5, 5.41) is 3.09. The zero-order valence-electron chi connectivity index (χ0n) is 11.4. The third-order valence-electron chi connectivity index (χ3n) is 4.04. The molecule has 3 unspecified atom stereocenters. The summed E-state index contributed by atoms with van der Waals surface area (Å²) in [6.07, 6.45) is 5.02. The third kappa shape index (κ3) is 3.83. The van der Waals surface area contributed by atoms with Gasteiger partial charge in [-0.3, -0.25) is 4.79 Å². The summed E-state index contributed by atoms with van der Waals surface area (Å²) < 4.78 is 0. The highest BCUT2D eigenvalue weighted by Gasteiger charge is 2.28. The molecule has 0 radical (unpaired) electrons. The topological polar surface area (TPSA) is 68.0 Å². The number of nitrogens with zero attached hydrogens (tertiary/aromatic N) is 1. The molecular weight excluding hydrogens is 262 g/mol. The van der Waals surface area contributed by atoms with E-state index in [2.05, 4.69) is 24.1 Å². The van der Waals surface area contributed by atoms with E-state index in [0.717, 1.165) is 6.42 Å². The molecule has 0 bridgehead atoms. The van der Waals surface area contributed by atoms with E-state index in [1.54, 1.807) is 12.1 Å². The van der Waals surface area contributed by atoms with E-state index in [4.69, 9.17) is 5.73 Å². The summed E-state index contributed by atoms with van der Waals surface area (Å²) in [7, 11) is 0. The summed E-state index contributed by atoms with van der Waals surface area (Å²) in [4.78, 5) is 16.1. The number of carbonyl (C=O) groups is 1. The van der Waals surface area contributed by atoms with Gasteiger partial charge in [0.25, 0.3) is 5.91 Å². The second-order valence-electron chi connectivity index (χ2n) is 5.32. The van der Waals surface area contributed by atoms with Crippen LogP contribution in [0, 0.1) is 11.8 Å². The van der Waals surface area contributed by atoms with Crippen molar-refractivity contribution >= 4 is 24.0 Å². The number of halogens is 1. The highest BCUT2D eigenvalue weighted by molar-refractivity contribution is 5.92. The Kier molecular flexibility index (Phi) is 5.60. The van der Waals surface area contributed by atoms with Crippen molar-refractivity contribution in [2.75, 3.05) is 5.73 Å². The summed E-state index contributed by atoms with van der Waals surface area (Å²) >= 11 is 0. The quantitative estimate of drug-likeness (QED) is 0.877. The minimum atomic E-state index is -0.0963. The van der Waals surface area contributed by atoms with E-state index < -0.39 is 0 Å². The first kappa shape index (κ1) is 15.8. The molecule has 1 amide bonds. The zero-order valence-corrected chi connectivity index (χ0v) is 12.2. The van der Waals surface area contributed by atoms with Crippen molar-refractivity contribution in [2.45, 2.75) is 39.2 Å². The van der Waals surface area contributed by atoms with Crippen molar-refractivity contribution < 1.29 is 4.79 Å². The molecule has 1 heterocycles. The van der Waals surface area contributed by atoms with Crippen LogP contribution >= 0.6 is 12.4 Å². The number of nitrogens with two attached hydrogens (primary N) is 1. The number of anilines is 1. The van der Waals surface area contributed by atoms with Gasteiger partial charge >= 0.3 is 0 Å². The van der Waals surface area contributed by atoms with E-state index >= 15 is 0 Å². The minimum Gasteiger partial charge on any atom is -0.397 e. The zero-order chi connectivity index (χ0) is 13.1. The SMILES string of the molecule is CC1CCCC(NC(=O)c2ccc(N)cn2)C1C.Cl. The van der Waals surface area contributed by atoms with E-state index in [0.29, 0.717) is 23.2 Å². The van der Waals surface area contributed by atoms with Gasteiger partial charge in [0, 0.05) is 6.04 Å². The second kappa shape index (κ2) is 6.75. The first-order chi connectivity index (χ1) is 8.58. The highest BCUT2D eigenvalue weighted by atomic mass is 35.5. The molecule has 1 aromatic rings. The number of pyridine rings is 1. The molecule has 0 aliphatic heterocycles. The Balaban J connectivity index is 0.00000180. The first-order valence-corrected chi connectivity index (χ1v) is 6.60. The molecular formula is C14H22ClN3O. The van der Waals surface area contributed by atoms with Crippen molar-refractivity contribution in [1.29, 1.82) is 0 Å². The van der Waals surface area contributed by atoms with Crippen molar-refractivity contribution in [3.8, 4) is 0 Å². The molecule has 19 heavy (non-hydrogen) atoms. The number of nitrogen functional groups attached to an aromatic ring is 1. The molecule has 1 aliphatic carbocycles. The van der Waals surface area contributed by atoms with Crippen LogP contribution in [0.2, 0.25) is 0 Å². The fourth-order valence-corrected chi connectivity index (χ4v) is 2.57. The lowest BCUT2D eigenvalue weighted by Gasteiger charge is -2.34. The number of carbonyl (C=O) groups excluding carboxylic acids is 1.